The van der Waals surface area contributed by atoms with Gasteiger partial charge in [0, 0.05) is 28.1 Å². The summed E-state index contributed by atoms with van der Waals surface area (Å²) < 4.78 is 13.2. The number of carbonyl (C=O) groups excluding carboxylic acids is 1. The third-order valence-electron chi connectivity index (χ3n) is 7.28. The average Bonchev–Trinajstić information content (AvgIpc) is 3.06. The Morgan fingerprint density at radius 2 is 1.91 bits per heavy atom. The van der Waals surface area contributed by atoms with Gasteiger partial charge in [0.1, 0.15) is 11.6 Å². The predicted octanol–water partition coefficient (Wildman–Crippen LogP) is 5.88. The van der Waals surface area contributed by atoms with Crippen LogP contribution in [0.4, 0.5) is 4.39 Å². The molecule has 1 amide bonds. The fourth-order valence-electron chi connectivity index (χ4n) is 5.79. The summed E-state index contributed by atoms with van der Waals surface area (Å²) in [6, 6.07) is 8.64. The van der Waals surface area contributed by atoms with E-state index < -0.39 is 0 Å². The number of piperidine rings is 1. The lowest BCUT2D eigenvalue weighted by Crippen LogP contribution is -2.49. The Morgan fingerprint density at radius 3 is 2.58 bits per heavy atom. The summed E-state index contributed by atoms with van der Waals surface area (Å²) in [4.78, 5) is 15.6. The highest BCUT2D eigenvalue weighted by atomic mass is 35.5. The number of hydrogen-bond acceptors (Lipinski definition) is 3. The van der Waals surface area contributed by atoms with Crippen LogP contribution in [0.3, 0.4) is 0 Å². The van der Waals surface area contributed by atoms with Crippen LogP contribution < -0.4 is 10.6 Å². The maximum atomic E-state index is 13.2. The summed E-state index contributed by atoms with van der Waals surface area (Å²) in [5, 5.41) is 7.43. The van der Waals surface area contributed by atoms with Gasteiger partial charge < -0.3 is 10.6 Å². The van der Waals surface area contributed by atoms with Crippen molar-refractivity contribution < 1.29 is 9.18 Å². The normalized spacial score (nSPS) is 28.2. The average molecular weight is 488 g/mol. The number of allylic oxidation sites excluding steroid dienone is 5. The fraction of sp³-hybridized carbons (Fsp3) is 0.423. The van der Waals surface area contributed by atoms with E-state index >= 15 is 0 Å². The number of hydrogen-bond donors (Lipinski definition) is 2. The van der Waals surface area contributed by atoms with Crippen LogP contribution in [0.1, 0.15) is 50.1 Å². The van der Waals surface area contributed by atoms with E-state index in [0.717, 1.165) is 54.1 Å². The summed E-state index contributed by atoms with van der Waals surface area (Å²) in [5.41, 5.74) is 2.31. The van der Waals surface area contributed by atoms with Gasteiger partial charge in [-0.3, -0.25) is 9.69 Å². The molecule has 3 aliphatic heterocycles. The number of rotatable bonds is 5. The molecule has 5 rings (SSSR count). The van der Waals surface area contributed by atoms with E-state index in [1.165, 1.54) is 11.6 Å². The van der Waals surface area contributed by atoms with Gasteiger partial charge in [0.25, 0.3) is 0 Å². The van der Waals surface area contributed by atoms with E-state index in [9.17, 15) is 9.18 Å². The zero-order chi connectivity index (χ0) is 22.9. The van der Waals surface area contributed by atoms with Crippen LogP contribution in [0.15, 0.2) is 70.8 Å². The maximum Gasteiger partial charge on any atom is 0.228 e. The molecule has 0 saturated carbocycles. The minimum absolute atomic E-state index is 0.00755. The van der Waals surface area contributed by atoms with E-state index in [2.05, 4.69) is 27.7 Å². The highest BCUT2D eigenvalue weighted by molar-refractivity contribution is 6.32. The number of nitrogens with zero attached hydrogens (tertiary/aromatic N) is 1. The summed E-state index contributed by atoms with van der Waals surface area (Å²) in [6.07, 6.45) is 12.7. The SMILES string of the molecule is O=C(NC1=CC=C(F)CN1)C1CC2CCC(C1)N2C(C1=C(Cl)C=CCC1)c1ccccc1Cl. The molecule has 7 heteroatoms. The molecule has 3 heterocycles. The first-order valence-electron chi connectivity index (χ1n) is 11.7. The summed E-state index contributed by atoms with van der Waals surface area (Å²) >= 11 is 13.4. The maximum absolute atomic E-state index is 13.2. The van der Waals surface area contributed by atoms with Crippen molar-refractivity contribution in [1.82, 2.24) is 15.5 Å². The third-order valence-corrected chi connectivity index (χ3v) is 7.99. The lowest BCUT2D eigenvalue weighted by atomic mass is 9.84. The molecular formula is C26H28Cl2FN3O. The van der Waals surface area contributed by atoms with E-state index in [4.69, 9.17) is 23.2 Å². The van der Waals surface area contributed by atoms with Gasteiger partial charge in [-0.15, -0.1) is 0 Å². The Balaban J connectivity index is 1.39. The van der Waals surface area contributed by atoms with Gasteiger partial charge in [-0.1, -0.05) is 47.5 Å². The van der Waals surface area contributed by atoms with Crippen LogP contribution in [-0.4, -0.2) is 29.4 Å². The van der Waals surface area contributed by atoms with Crippen molar-refractivity contribution in [3.05, 3.63) is 81.4 Å². The molecule has 3 unspecified atom stereocenters. The fourth-order valence-corrected chi connectivity index (χ4v) is 6.31. The molecule has 2 fully saturated rings. The van der Waals surface area contributed by atoms with Gasteiger partial charge in [0.05, 0.1) is 12.6 Å². The Labute approximate surface area is 204 Å². The van der Waals surface area contributed by atoms with Crippen LogP contribution in [0.25, 0.3) is 0 Å². The lowest BCUT2D eigenvalue weighted by molar-refractivity contribution is -0.127. The second-order valence-corrected chi connectivity index (χ2v) is 10.1. The largest absolute Gasteiger partial charge is 0.365 e. The summed E-state index contributed by atoms with van der Waals surface area (Å²) in [7, 11) is 0. The number of fused-ring (bicyclic) bond motifs is 2. The number of halogens is 3. The molecular weight excluding hydrogens is 460 g/mol. The number of benzene rings is 1. The van der Waals surface area contributed by atoms with Crippen molar-refractivity contribution in [1.29, 1.82) is 0 Å². The summed E-state index contributed by atoms with van der Waals surface area (Å²) in [6.45, 7) is 0.111. The molecule has 4 nitrogen and oxygen atoms in total. The zero-order valence-corrected chi connectivity index (χ0v) is 19.9. The Hall–Kier alpha value is -2.08. The van der Waals surface area contributed by atoms with E-state index in [1.807, 2.05) is 24.3 Å². The molecule has 0 aromatic heterocycles. The second-order valence-electron chi connectivity index (χ2n) is 9.28. The highest BCUT2D eigenvalue weighted by Crippen LogP contribution is 2.49. The second kappa shape index (κ2) is 9.65. The van der Waals surface area contributed by atoms with Crippen molar-refractivity contribution in [2.75, 3.05) is 6.54 Å². The van der Waals surface area contributed by atoms with Gasteiger partial charge in [-0.25, -0.2) is 4.39 Å². The predicted molar refractivity (Wildman–Crippen MR) is 130 cm³/mol. The van der Waals surface area contributed by atoms with Crippen LogP contribution in [0.5, 0.6) is 0 Å². The molecule has 2 saturated heterocycles. The first-order chi connectivity index (χ1) is 16.0. The molecule has 4 aliphatic rings. The van der Waals surface area contributed by atoms with Crippen molar-refractivity contribution in [3.8, 4) is 0 Å². The van der Waals surface area contributed by atoms with Crippen molar-refractivity contribution in [2.24, 2.45) is 5.92 Å². The Bertz CT molecular complexity index is 1050. The third kappa shape index (κ3) is 4.64. The molecule has 174 valence electrons. The lowest BCUT2D eigenvalue weighted by Gasteiger charge is -2.45. The molecule has 1 aromatic carbocycles. The Morgan fingerprint density at radius 1 is 1.15 bits per heavy atom. The first-order valence-corrected chi connectivity index (χ1v) is 12.4. The number of dihydropyridines is 1. The minimum atomic E-state index is -0.240. The van der Waals surface area contributed by atoms with Gasteiger partial charge in [-0.2, -0.15) is 0 Å². The number of carbonyl (C=O) groups is 1. The van der Waals surface area contributed by atoms with E-state index in [0.29, 0.717) is 5.82 Å². The van der Waals surface area contributed by atoms with Gasteiger partial charge in [0.15, 0.2) is 0 Å². The van der Waals surface area contributed by atoms with Crippen LogP contribution in [0, 0.1) is 5.92 Å². The minimum Gasteiger partial charge on any atom is -0.365 e. The van der Waals surface area contributed by atoms with E-state index in [1.54, 1.807) is 6.08 Å². The van der Waals surface area contributed by atoms with Crippen LogP contribution in [-0.2, 0) is 4.79 Å². The molecule has 1 aromatic rings. The van der Waals surface area contributed by atoms with Crippen molar-refractivity contribution in [3.63, 3.8) is 0 Å². The topological polar surface area (TPSA) is 44.4 Å². The Kier molecular flexibility index (Phi) is 6.64. The standard InChI is InChI=1S/C26H28Cl2FN3O/c27-22-7-3-1-5-20(22)25(21-6-2-4-8-23(21)28)32-18-10-11-19(32)14-16(13-18)26(33)31-24-12-9-17(29)15-30-24/h1,3-5,7-9,12,16,18-19,25,30H,2,6,10-11,13-15H2,(H,31,33). The molecule has 0 radical (unpaired) electrons. The number of nitrogens with one attached hydrogen (secondary N) is 2. The highest BCUT2D eigenvalue weighted by Gasteiger charge is 2.47. The number of amides is 1. The van der Waals surface area contributed by atoms with Gasteiger partial charge in [-0.05, 0) is 74.0 Å². The monoisotopic (exact) mass is 487 g/mol. The molecule has 1 aliphatic carbocycles. The smallest absolute Gasteiger partial charge is 0.228 e. The van der Waals surface area contributed by atoms with Crippen LogP contribution >= 0.6 is 23.2 Å². The van der Waals surface area contributed by atoms with Crippen LogP contribution in [0.2, 0.25) is 5.02 Å². The molecule has 2 N–H and O–H groups in total. The summed E-state index contributed by atoms with van der Waals surface area (Å²) in [5.74, 6) is 0.263. The van der Waals surface area contributed by atoms with E-state index in [-0.39, 0.29) is 42.3 Å². The molecule has 0 spiro atoms. The quantitative estimate of drug-likeness (QED) is 0.544. The van der Waals surface area contributed by atoms with Crippen molar-refractivity contribution >= 4 is 29.1 Å². The molecule has 2 bridgehead atoms. The molecule has 3 atom stereocenters. The molecule has 33 heavy (non-hydrogen) atoms. The zero-order valence-electron chi connectivity index (χ0n) is 18.4. The van der Waals surface area contributed by atoms with Gasteiger partial charge in [0.2, 0.25) is 5.91 Å². The first kappa shape index (κ1) is 22.7. The van der Waals surface area contributed by atoms with Gasteiger partial charge >= 0.3 is 0 Å². The van der Waals surface area contributed by atoms with Crippen molar-refractivity contribution in [2.45, 2.75) is 56.7 Å².